The first-order chi connectivity index (χ1) is 6.93. The van der Waals surface area contributed by atoms with Gasteiger partial charge in [-0.25, -0.2) is 0 Å². The number of ether oxygens (including phenoxy) is 1. The van der Waals surface area contributed by atoms with Gasteiger partial charge in [0.25, 0.3) is 0 Å². The first-order valence-corrected chi connectivity index (χ1v) is 5.62. The van der Waals surface area contributed by atoms with E-state index in [1.165, 1.54) is 0 Å². The maximum Gasteiger partial charge on any atom is 0.0591 e. The molecule has 1 aromatic rings. The molecule has 78 valence electrons. The Morgan fingerprint density at radius 3 is 2.07 bits per heavy atom. The lowest BCUT2D eigenvalue weighted by Gasteiger charge is -2.10. The van der Waals surface area contributed by atoms with Crippen molar-refractivity contribution in [2.75, 3.05) is 26.3 Å². The normalized spacial score (nSPS) is 16.4. The molecule has 4 heteroatoms. The van der Waals surface area contributed by atoms with Crippen molar-refractivity contribution in [1.29, 1.82) is 0 Å². The fourth-order valence-corrected chi connectivity index (χ4v) is 1.37. The molecule has 0 saturated carbocycles. The highest BCUT2D eigenvalue weighted by Gasteiger charge is 1.92. The van der Waals surface area contributed by atoms with Crippen LogP contribution in [0.25, 0.3) is 0 Å². The van der Waals surface area contributed by atoms with Crippen molar-refractivity contribution in [3.05, 3.63) is 30.3 Å². The van der Waals surface area contributed by atoms with E-state index >= 15 is 0 Å². The third kappa shape index (κ3) is 5.30. The zero-order valence-electron chi connectivity index (χ0n) is 8.07. The summed E-state index contributed by atoms with van der Waals surface area (Å²) in [5, 5.41) is 4.15. The molecule has 0 bridgehead atoms. The van der Waals surface area contributed by atoms with Crippen LogP contribution in [0.4, 0.5) is 0 Å². The third-order valence-corrected chi connectivity index (χ3v) is 2.34. The van der Waals surface area contributed by atoms with Gasteiger partial charge in [-0.2, -0.15) is 0 Å². The molecule has 0 aliphatic carbocycles. The average Bonchev–Trinajstić information content (AvgIpc) is 2.33. The van der Waals surface area contributed by atoms with Crippen LogP contribution in [0.2, 0.25) is 0 Å². The van der Waals surface area contributed by atoms with Gasteiger partial charge in [0.1, 0.15) is 0 Å². The molecule has 1 fully saturated rings. The average molecular weight is 213 g/mol. The zero-order valence-corrected chi connectivity index (χ0v) is 9.07. The summed E-state index contributed by atoms with van der Waals surface area (Å²) in [6.45, 7) is 3.83. The Bertz CT molecular complexity index is 215. The zero-order chi connectivity index (χ0) is 10.1. The van der Waals surface area contributed by atoms with E-state index in [4.69, 9.17) is 9.63 Å². The monoisotopic (exact) mass is 213 g/mol. The van der Waals surface area contributed by atoms with Crippen LogP contribution >= 0.6 is 8.81 Å². The quantitative estimate of drug-likeness (QED) is 0.668. The largest absolute Gasteiger partial charge is 0.379 e. The second-order valence-corrected chi connectivity index (χ2v) is 3.64. The highest BCUT2D eigenvalue weighted by molar-refractivity contribution is 7.40. The van der Waals surface area contributed by atoms with Crippen molar-refractivity contribution >= 4 is 14.1 Å². The van der Waals surface area contributed by atoms with Crippen LogP contribution in [0.15, 0.2) is 30.3 Å². The molecule has 1 unspecified atom stereocenters. The summed E-state index contributed by atoms with van der Waals surface area (Å²) in [4.78, 5) is 8.57. The number of benzene rings is 1. The first-order valence-electron chi connectivity index (χ1n) is 4.67. The SMILES string of the molecule is C1COCCN1.OPc1ccccc1. The standard InChI is InChI=1S/C6H7OP.C4H9NO/c7-8-6-4-2-1-3-5-6;1-3-6-4-2-5-1/h1-5,7-8H;5H,1-4H2. The topological polar surface area (TPSA) is 41.5 Å². The lowest BCUT2D eigenvalue weighted by Crippen LogP contribution is -2.30. The van der Waals surface area contributed by atoms with Gasteiger partial charge >= 0.3 is 0 Å². The van der Waals surface area contributed by atoms with E-state index in [1.807, 2.05) is 30.3 Å². The van der Waals surface area contributed by atoms with Crippen LogP contribution in [0.1, 0.15) is 0 Å². The van der Waals surface area contributed by atoms with Crippen LogP contribution < -0.4 is 10.6 Å². The van der Waals surface area contributed by atoms with E-state index in [0.29, 0.717) is 0 Å². The molecule has 1 aliphatic rings. The fraction of sp³-hybridized carbons (Fsp3) is 0.400. The van der Waals surface area contributed by atoms with Gasteiger partial charge in [-0.3, -0.25) is 0 Å². The predicted molar refractivity (Wildman–Crippen MR) is 60.3 cm³/mol. The van der Waals surface area contributed by atoms with E-state index in [2.05, 4.69) is 5.32 Å². The number of rotatable bonds is 1. The Kier molecular flexibility index (Phi) is 6.54. The van der Waals surface area contributed by atoms with Gasteiger partial charge in [0.15, 0.2) is 0 Å². The predicted octanol–water partition coefficient (Wildman–Crippen LogP) is 0.504. The Morgan fingerprint density at radius 2 is 1.79 bits per heavy atom. The second-order valence-electron chi connectivity index (χ2n) is 2.84. The van der Waals surface area contributed by atoms with Crippen molar-refractivity contribution in [2.45, 2.75) is 0 Å². The van der Waals surface area contributed by atoms with Gasteiger partial charge in [-0.05, 0) is 5.30 Å². The van der Waals surface area contributed by atoms with Crippen molar-refractivity contribution in [2.24, 2.45) is 0 Å². The van der Waals surface area contributed by atoms with Gasteiger partial charge in [0, 0.05) is 21.9 Å². The summed E-state index contributed by atoms with van der Waals surface area (Å²) in [6.07, 6.45) is 0. The summed E-state index contributed by atoms with van der Waals surface area (Å²) in [6, 6.07) is 9.57. The summed E-state index contributed by atoms with van der Waals surface area (Å²) < 4.78 is 5.01. The number of morpholine rings is 1. The van der Waals surface area contributed by atoms with E-state index in [0.717, 1.165) is 31.6 Å². The molecular formula is C10H16NO2P. The van der Waals surface area contributed by atoms with Crippen LogP contribution in [0.3, 0.4) is 0 Å². The molecule has 1 aromatic carbocycles. The van der Waals surface area contributed by atoms with E-state index in [1.54, 1.807) is 0 Å². The summed E-state index contributed by atoms with van der Waals surface area (Å²) in [5.74, 6) is 0. The Morgan fingerprint density at radius 1 is 1.14 bits per heavy atom. The van der Waals surface area contributed by atoms with Gasteiger partial charge in [0.05, 0.1) is 13.2 Å². The van der Waals surface area contributed by atoms with Crippen LogP contribution in [0.5, 0.6) is 0 Å². The fourth-order valence-electron chi connectivity index (χ4n) is 1.03. The van der Waals surface area contributed by atoms with E-state index in [-0.39, 0.29) is 8.81 Å². The molecule has 1 saturated heterocycles. The molecular weight excluding hydrogens is 197 g/mol. The van der Waals surface area contributed by atoms with Crippen molar-refractivity contribution in [3.8, 4) is 0 Å². The van der Waals surface area contributed by atoms with Crippen LogP contribution in [-0.2, 0) is 4.74 Å². The Labute approximate surface area is 86.4 Å². The summed E-state index contributed by atoms with van der Waals surface area (Å²) in [7, 11) is -0.0700. The Balaban J connectivity index is 0.000000146. The molecule has 0 radical (unpaired) electrons. The van der Waals surface area contributed by atoms with Crippen molar-refractivity contribution in [1.82, 2.24) is 5.32 Å². The highest BCUT2D eigenvalue weighted by Crippen LogP contribution is 1.99. The maximum absolute atomic E-state index is 8.57. The molecule has 1 heterocycles. The molecule has 3 nitrogen and oxygen atoms in total. The van der Waals surface area contributed by atoms with Crippen molar-refractivity contribution in [3.63, 3.8) is 0 Å². The Hall–Kier alpha value is -0.470. The van der Waals surface area contributed by atoms with Gasteiger partial charge in [-0.1, -0.05) is 30.3 Å². The molecule has 1 aliphatic heterocycles. The lowest BCUT2D eigenvalue weighted by atomic mass is 10.4. The number of hydrogen-bond acceptors (Lipinski definition) is 3. The minimum absolute atomic E-state index is 0.0700. The number of nitrogens with one attached hydrogen (secondary N) is 1. The number of hydrogen-bond donors (Lipinski definition) is 2. The van der Waals surface area contributed by atoms with E-state index in [9.17, 15) is 0 Å². The molecule has 0 spiro atoms. The van der Waals surface area contributed by atoms with Crippen molar-refractivity contribution < 1.29 is 9.63 Å². The highest BCUT2D eigenvalue weighted by atomic mass is 31.1. The summed E-state index contributed by atoms with van der Waals surface area (Å²) in [5.41, 5.74) is 0. The van der Waals surface area contributed by atoms with E-state index < -0.39 is 0 Å². The molecule has 14 heavy (non-hydrogen) atoms. The molecule has 1 atom stereocenters. The minimum Gasteiger partial charge on any atom is -0.379 e. The van der Waals surface area contributed by atoms with Gasteiger partial charge in [0.2, 0.25) is 0 Å². The second kappa shape index (κ2) is 7.89. The molecule has 2 rings (SSSR count). The van der Waals surface area contributed by atoms with Crippen LogP contribution in [0, 0.1) is 0 Å². The lowest BCUT2D eigenvalue weighted by molar-refractivity contribution is 0.109. The smallest absolute Gasteiger partial charge is 0.0591 e. The van der Waals surface area contributed by atoms with Crippen LogP contribution in [-0.4, -0.2) is 31.2 Å². The van der Waals surface area contributed by atoms with Gasteiger partial charge in [-0.15, -0.1) is 0 Å². The molecule has 0 aromatic heterocycles. The minimum atomic E-state index is -0.0700. The summed E-state index contributed by atoms with van der Waals surface area (Å²) >= 11 is 0. The molecule has 0 amide bonds. The first kappa shape index (κ1) is 11.6. The maximum atomic E-state index is 8.57. The molecule has 2 N–H and O–H groups in total. The third-order valence-electron chi connectivity index (χ3n) is 1.75. The van der Waals surface area contributed by atoms with Gasteiger partial charge < -0.3 is 14.9 Å².